The molecule has 1 rings (SSSR count). The molecule has 1 aromatic rings. The Bertz CT molecular complexity index is 328. The Balaban J connectivity index is 2.85. The fourth-order valence-electron chi connectivity index (χ4n) is 2.19. The summed E-state index contributed by atoms with van der Waals surface area (Å²) < 4.78 is 5.13. The first-order chi connectivity index (χ1) is 8.24. The topological polar surface area (TPSA) is 32.7 Å². The van der Waals surface area contributed by atoms with E-state index < -0.39 is 0 Å². The van der Waals surface area contributed by atoms with E-state index in [9.17, 15) is 5.11 Å². The molecule has 0 saturated heterocycles. The van der Waals surface area contributed by atoms with Gasteiger partial charge >= 0.3 is 0 Å². The Morgan fingerprint density at radius 1 is 1.29 bits per heavy atom. The molecule has 1 N–H and O–H groups in total. The summed E-state index contributed by atoms with van der Waals surface area (Å²) in [6.07, 6.45) is 0.981. The highest BCUT2D eigenvalue weighted by Crippen LogP contribution is 2.30. The molecule has 17 heavy (non-hydrogen) atoms. The third-order valence-corrected chi connectivity index (χ3v) is 3.11. The second-order valence-corrected chi connectivity index (χ2v) is 4.10. The zero-order valence-electron chi connectivity index (χ0n) is 11.0. The van der Waals surface area contributed by atoms with Gasteiger partial charge in [0, 0.05) is 25.3 Å². The molecule has 0 saturated carbocycles. The maximum absolute atomic E-state index is 9.92. The molecular formula is C14H23NO2. The van der Waals surface area contributed by atoms with Crippen LogP contribution in [0.2, 0.25) is 0 Å². The van der Waals surface area contributed by atoms with E-state index in [1.54, 1.807) is 13.2 Å². The third kappa shape index (κ3) is 3.72. The van der Waals surface area contributed by atoms with Crippen LogP contribution in [-0.4, -0.2) is 36.8 Å². The maximum atomic E-state index is 9.92. The van der Waals surface area contributed by atoms with Crippen LogP contribution in [0, 0.1) is 0 Å². The van der Waals surface area contributed by atoms with E-state index >= 15 is 0 Å². The first-order valence-electron chi connectivity index (χ1n) is 6.25. The van der Waals surface area contributed by atoms with Gasteiger partial charge in [0.15, 0.2) is 0 Å². The van der Waals surface area contributed by atoms with Crippen molar-refractivity contribution in [1.82, 2.24) is 4.90 Å². The molecule has 0 amide bonds. The average Bonchev–Trinajstić information content (AvgIpc) is 2.36. The van der Waals surface area contributed by atoms with Crippen molar-refractivity contribution in [1.29, 1.82) is 0 Å². The monoisotopic (exact) mass is 237 g/mol. The molecule has 1 unspecified atom stereocenters. The smallest absolute Gasteiger partial charge is 0.120 e. The summed E-state index contributed by atoms with van der Waals surface area (Å²) >= 11 is 0. The molecule has 1 aromatic carbocycles. The standard InChI is InChI=1S/C14H23NO2/c1-4-13(15(5-2)10-11-17-3)12-8-6-7-9-14(12)16/h6-9,13,16H,4-5,10-11H2,1-3H3. The van der Waals surface area contributed by atoms with Gasteiger partial charge in [0.05, 0.1) is 6.61 Å². The molecule has 1 atom stereocenters. The van der Waals surface area contributed by atoms with Crippen LogP contribution >= 0.6 is 0 Å². The van der Waals surface area contributed by atoms with E-state index in [1.807, 2.05) is 18.2 Å². The predicted molar refractivity (Wildman–Crippen MR) is 70.3 cm³/mol. The minimum Gasteiger partial charge on any atom is -0.508 e. The first-order valence-corrected chi connectivity index (χ1v) is 6.25. The number of methoxy groups -OCH3 is 1. The van der Waals surface area contributed by atoms with Gasteiger partial charge in [-0.3, -0.25) is 4.90 Å². The molecule has 96 valence electrons. The van der Waals surface area contributed by atoms with Crippen molar-refractivity contribution in [2.24, 2.45) is 0 Å². The number of phenolic OH excluding ortho intramolecular Hbond substituents is 1. The van der Waals surface area contributed by atoms with Crippen LogP contribution in [0.3, 0.4) is 0 Å². The van der Waals surface area contributed by atoms with Crippen molar-refractivity contribution in [3.8, 4) is 5.75 Å². The number of likely N-dealkylation sites (N-methyl/N-ethyl adjacent to an activating group) is 1. The normalized spacial score (nSPS) is 12.9. The zero-order chi connectivity index (χ0) is 12.7. The van der Waals surface area contributed by atoms with E-state index in [0.29, 0.717) is 5.75 Å². The lowest BCUT2D eigenvalue weighted by Crippen LogP contribution is -2.31. The van der Waals surface area contributed by atoms with Crippen LogP contribution in [0.15, 0.2) is 24.3 Å². The van der Waals surface area contributed by atoms with Gasteiger partial charge < -0.3 is 9.84 Å². The Labute approximate surface area is 104 Å². The molecule has 0 aliphatic heterocycles. The molecule has 3 heteroatoms. The Morgan fingerprint density at radius 3 is 2.53 bits per heavy atom. The van der Waals surface area contributed by atoms with E-state index in [-0.39, 0.29) is 6.04 Å². The fraction of sp³-hybridized carbons (Fsp3) is 0.571. The quantitative estimate of drug-likeness (QED) is 0.791. The molecule has 0 heterocycles. The number of ether oxygens (including phenoxy) is 1. The molecule has 0 aliphatic rings. The fourth-order valence-corrected chi connectivity index (χ4v) is 2.19. The van der Waals surface area contributed by atoms with Crippen LogP contribution in [0.25, 0.3) is 0 Å². The number of hydrogen-bond acceptors (Lipinski definition) is 3. The lowest BCUT2D eigenvalue weighted by molar-refractivity contribution is 0.120. The lowest BCUT2D eigenvalue weighted by atomic mass is 10.0. The number of nitrogens with zero attached hydrogens (tertiary/aromatic N) is 1. The summed E-state index contributed by atoms with van der Waals surface area (Å²) in [5, 5.41) is 9.92. The van der Waals surface area contributed by atoms with Gasteiger partial charge in [0.2, 0.25) is 0 Å². The van der Waals surface area contributed by atoms with Crippen molar-refractivity contribution in [3.05, 3.63) is 29.8 Å². The SMILES string of the molecule is CCC(c1ccccc1O)N(CC)CCOC. The highest BCUT2D eigenvalue weighted by Gasteiger charge is 2.19. The minimum atomic E-state index is 0.261. The summed E-state index contributed by atoms with van der Waals surface area (Å²) in [5.41, 5.74) is 1.01. The van der Waals surface area contributed by atoms with Crippen molar-refractivity contribution >= 4 is 0 Å². The van der Waals surface area contributed by atoms with Crippen LogP contribution in [0.5, 0.6) is 5.75 Å². The summed E-state index contributed by atoms with van der Waals surface area (Å²) in [7, 11) is 1.72. The van der Waals surface area contributed by atoms with E-state index in [2.05, 4.69) is 18.7 Å². The van der Waals surface area contributed by atoms with Crippen LogP contribution in [0.1, 0.15) is 31.9 Å². The van der Waals surface area contributed by atoms with Gasteiger partial charge in [0.25, 0.3) is 0 Å². The van der Waals surface area contributed by atoms with Gasteiger partial charge in [0.1, 0.15) is 5.75 Å². The number of hydrogen-bond donors (Lipinski definition) is 1. The van der Waals surface area contributed by atoms with Gasteiger partial charge in [-0.25, -0.2) is 0 Å². The number of aromatic hydroxyl groups is 1. The van der Waals surface area contributed by atoms with Crippen molar-refractivity contribution in [2.75, 3.05) is 26.8 Å². The Morgan fingerprint density at radius 2 is 2.00 bits per heavy atom. The van der Waals surface area contributed by atoms with Crippen LogP contribution in [-0.2, 0) is 4.74 Å². The first kappa shape index (κ1) is 14.0. The highest BCUT2D eigenvalue weighted by atomic mass is 16.5. The number of rotatable bonds is 7. The van der Waals surface area contributed by atoms with E-state index in [1.165, 1.54) is 0 Å². The Kier molecular flexibility index (Phi) is 6.01. The van der Waals surface area contributed by atoms with E-state index in [4.69, 9.17) is 4.74 Å². The largest absolute Gasteiger partial charge is 0.508 e. The molecule has 0 aliphatic carbocycles. The zero-order valence-corrected chi connectivity index (χ0v) is 11.0. The lowest BCUT2D eigenvalue weighted by Gasteiger charge is -2.30. The van der Waals surface area contributed by atoms with Crippen molar-refractivity contribution in [2.45, 2.75) is 26.3 Å². The number of phenols is 1. The minimum absolute atomic E-state index is 0.261. The third-order valence-electron chi connectivity index (χ3n) is 3.11. The van der Waals surface area contributed by atoms with E-state index in [0.717, 1.165) is 31.7 Å². The van der Waals surface area contributed by atoms with Crippen molar-refractivity contribution < 1.29 is 9.84 Å². The molecule has 0 aromatic heterocycles. The molecule has 0 radical (unpaired) electrons. The van der Waals surface area contributed by atoms with Crippen LogP contribution in [0.4, 0.5) is 0 Å². The molecule has 0 spiro atoms. The van der Waals surface area contributed by atoms with Gasteiger partial charge in [-0.2, -0.15) is 0 Å². The van der Waals surface area contributed by atoms with Crippen molar-refractivity contribution in [3.63, 3.8) is 0 Å². The summed E-state index contributed by atoms with van der Waals surface area (Å²) in [6.45, 7) is 6.85. The van der Waals surface area contributed by atoms with Gasteiger partial charge in [-0.15, -0.1) is 0 Å². The molecule has 0 fully saturated rings. The van der Waals surface area contributed by atoms with Crippen LogP contribution < -0.4 is 0 Å². The van der Waals surface area contributed by atoms with Gasteiger partial charge in [-0.05, 0) is 19.0 Å². The number of para-hydroxylation sites is 1. The summed E-state index contributed by atoms with van der Waals surface area (Å²) in [4.78, 5) is 2.33. The van der Waals surface area contributed by atoms with Gasteiger partial charge in [-0.1, -0.05) is 32.0 Å². The average molecular weight is 237 g/mol. The number of benzene rings is 1. The summed E-state index contributed by atoms with van der Waals surface area (Å²) in [5.74, 6) is 0.384. The molecular weight excluding hydrogens is 214 g/mol. The molecule has 0 bridgehead atoms. The summed E-state index contributed by atoms with van der Waals surface area (Å²) in [6, 6.07) is 7.84. The molecule has 3 nitrogen and oxygen atoms in total. The second kappa shape index (κ2) is 7.30. The highest BCUT2D eigenvalue weighted by molar-refractivity contribution is 5.34. The maximum Gasteiger partial charge on any atom is 0.120 e. The predicted octanol–water partition coefficient (Wildman–Crippen LogP) is 2.81. The Hall–Kier alpha value is -1.06. The second-order valence-electron chi connectivity index (χ2n) is 4.10.